The number of hydrogen-bond donors (Lipinski definition) is 5. The molecule has 0 aromatic heterocycles. The smallest absolute Gasteiger partial charge is 0.128 e. The fourth-order valence-corrected chi connectivity index (χ4v) is 2.01. The van der Waals surface area contributed by atoms with Crippen molar-refractivity contribution in [1.29, 1.82) is 0 Å². The molecule has 17 heavy (non-hydrogen) atoms. The molecular formula is C11H24O5S. The molecule has 0 heterocycles. The first-order chi connectivity index (χ1) is 7.73. The Kier molecular flexibility index (Phi) is 7.62. The van der Waals surface area contributed by atoms with Crippen LogP contribution in [0.4, 0.5) is 0 Å². The Labute approximate surface area is 106 Å². The summed E-state index contributed by atoms with van der Waals surface area (Å²) in [4.78, 5) is 0. The molecule has 5 N–H and O–H groups in total. The molecular weight excluding hydrogens is 244 g/mol. The first kappa shape index (κ1) is 17.2. The van der Waals surface area contributed by atoms with Crippen molar-refractivity contribution in [2.75, 3.05) is 6.26 Å². The summed E-state index contributed by atoms with van der Waals surface area (Å²) < 4.78 is 0. The average Bonchev–Trinajstić information content (AvgIpc) is 2.32. The molecule has 0 aliphatic heterocycles. The van der Waals surface area contributed by atoms with Gasteiger partial charge in [-0.05, 0) is 25.0 Å². The van der Waals surface area contributed by atoms with E-state index >= 15 is 0 Å². The summed E-state index contributed by atoms with van der Waals surface area (Å²) in [5, 5.41) is 48.0. The van der Waals surface area contributed by atoms with Crippen LogP contribution in [-0.2, 0) is 0 Å². The van der Waals surface area contributed by atoms with Crippen LogP contribution in [0.2, 0.25) is 0 Å². The maximum atomic E-state index is 9.88. The number of thioether (sulfide) groups is 1. The van der Waals surface area contributed by atoms with Gasteiger partial charge in [0.1, 0.15) is 17.6 Å². The minimum absolute atomic E-state index is 0.224. The lowest BCUT2D eigenvalue weighted by Crippen LogP contribution is -2.47. The van der Waals surface area contributed by atoms with E-state index in [1.807, 2.05) is 0 Å². The van der Waals surface area contributed by atoms with Gasteiger partial charge in [-0.2, -0.15) is 0 Å². The van der Waals surface area contributed by atoms with Crippen LogP contribution in [-0.4, -0.2) is 61.6 Å². The maximum Gasteiger partial charge on any atom is 0.128 e. The highest BCUT2D eigenvalue weighted by Gasteiger charge is 2.35. The molecule has 0 aromatic carbocycles. The first-order valence-corrected chi connectivity index (χ1v) is 6.95. The van der Waals surface area contributed by atoms with Crippen molar-refractivity contribution in [2.24, 2.45) is 11.8 Å². The second-order valence-corrected chi connectivity index (χ2v) is 5.51. The second-order valence-electron chi connectivity index (χ2n) is 4.56. The van der Waals surface area contributed by atoms with E-state index < -0.39 is 35.8 Å². The third-order valence-electron chi connectivity index (χ3n) is 3.36. The lowest BCUT2D eigenvalue weighted by Gasteiger charge is -2.33. The van der Waals surface area contributed by atoms with Crippen LogP contribution >= 0.6 is 11.8 Å². The van der Waals surface area contributed by atoms with E-state index in [9.17, 15) is 25.5 Å². The Morgan fingerprint density at radius 2 is 1.18 bits per heavy atom. The van der Waals surface area contributed by atoms with E-state index in [0.29, 0.717) is 0 Å². The van der Waals surface area contributed by atoms with Gasteiger partial charge in [0.05, 0.1) is 12.2 Å². The highest BCUT2D eigenvalue weighted by atomic mass is 32.2. The van der Waals surface area contributed by atoms with Crippen LogP contribution in [0, 0.1) is 11.8 Å². The Bertz CT molecular complexity index is 214. The molecule has 0 saturated heterocycles. The minimum atomic E-state index is -1.44. The van der Waals surface area contributed by atoms with Crippen LogP contribution in [0.25, 0.3) is 0 Å². The summed E-state index contributed by atoms with van der Waals surface area (Å²) in [6.45, 7) is 5.04. The topological polar surface area (TPSA) is 101 Å². The second kappa shape index (κ2) is 7.56. The van der Waals surface area contributed by atoms with Gasteiger partial charge in [0.2, 0.25) is 0 Å². The molecule has 2 unspecified atom stereocenters. The van der Waals surface area contributed by atoms with Gasteiger partial charge in [0.25, 0.3) is 0 Å². The van der Waals surface area contributed by atoms with Crippen molar-refractivity contribution in [1.82, 2.24) is 0 Å². The molecule has 5 nitrogen and oxygen atoms in total. The Morgan fingerprint density at radius 1 is 0.706 bits per heavy atom. The Balaban J connectivity index is 4.53. The van der Waals surface area contributed by atoms with Gasteiger partial charge in [-0.25, -0.2) is 0 Å². The summed E-state index contributed by atoms with van der Waals surface area (Å²) in [7, 11) is 0. The molecule has 6 heteroatoms. The molecule has 0 aromatic rings. The molecule has 0 saturated carbocycles. The van der Waals surface area contributed by atoms with Gasteiger partial charge in [0.15, 0.2) is 0 Å². The fraction of sp³-hybridized carbons (Fsp3) is 1.00. The Morgan fingerprint density at radius 3 is 1.53 bits per heavy atom. The highest BCUT2D eigenvalue weighted by molar-refractivity contribution is 7.99. The van der Waals surface area contributed by atoms with Gasteiger partial charge in [-0.3, -0.25) is 0 Å². The lowest BCUT2D eigenvalue weighted by molar-refractivity contribution is -0.111. The quantitative estimate of drug-likeness (QED) is 0.395. The number of hydrogen-bond acceptors (Lipinski definition) is 6. The molecule has 7 atom stereocenters. The maximum absolute atomic E-state index is 9.88. The van der Waals surface area contributed by atoms with E-state index in [1.165, 1.54) is 0 Å². The normalized spacial score (nSPS) is 24.5. The molecule has 0 aliphatic rings. The first-order valence-electron chi connectivity index (χ1n) is 5.67. The summed E-state index contributed by atoms with van der Waals surface area (Å²) in [6, 6.07) is 0. The molecule has 0 radical (unpaired) electrons. The van der Waals surface area contributed by atoms with Gasteiger partial charge in [-0.15, -0.1) is 11.8 Å². The average molecular weight is 268 g/mol. The predicted octanol–water partition coefficient (Wildman–Crippen LogP) is -0.597. The van der Waals surface area contributed by atoms with Crippen molar-refractivity contribution < 1.29 is 25.5 Å². The molecule has 104 valence electrons. The van der Waals surface area contributed by atoms with Crippen molar-refractivity contribution in [3.8, 4) is 0 Å². The molecule has 0 aliphatic carbocycles. The van der Waals surface area contributed by atoms with E-state index in [4.69, 9.17) is 0 Å². The Hall–Kier alpha value is 0.150. The van der Waals surface area contributed by atoms with Crippen molar-refractivity contribution in [3.05, 3.63) is 0 Å². The van der Waals surface area contributed by atoms with Crippen LogP contribution in [0.1, 0.15) is 20.8 Å². The molecule has 0 rings (SSSR count). The fourth-order valence-electron chi connectivity index (χ4n) is 1.57. The molecule has 0 amide bonds. The standard InChI is InChI=1S/C11H24O5S/c1-5(7(3)12)6(2)8(13)9(14)10(15)11(16)17-4/h5-16H,1-4H3/t5-,6?,7+,8-,9?,10-,11+/m0/s1. The van der Waals surface area contributed by atoms with E-state index in [0.717, 1.165) is 11.8 Å². The van der Waals surface area contributed by atoms with E-state index in [-0.39, 0.29) is 5.92 Å². The SMILES string of the molecule is CS[C@@H](O)[C@@H](O)C(O)[C@@H](O)C(C)[C@H](C)[C@@H](C)O. The third kappa shape index (κ3) is 4.73. The van der Waals surface area contributed by atoms with Crippen molar-refractivity contribution in [2.45, 2.75) is 50.6 Å². The summed E-state index contributed by atoms with van der Waals surface area (Å²) in [6.07, 6.45) is -3.07. The number of rotatable bonds is 7. The zero-order chi connectivity index (χ0) is 13.7. The number of aliphatic hydroxyl groups is 5. The van der Waals surface area contributed by atoms with Crippen LogP contribution < -0.4 is 0 Å². The third-order valence-corrected chi connectivity index (χ3v) is 4.12. The van der Waals surface area contributed by atoms with Crippen molar-refractivity contribution >= 4 is 11.8 Å². The molecule has 0 bridgehead atoms. The number of aliphatic hydroxyl groups excluding tert-OH is 5. The van der Waals surface area contributed by atoms with Gasteiger partial charge in [-0.1, -0.05) is 13.8 Å². The van der Waals surface area contributed by atoms with E-state index in [2.05, 4.69) is 0 Å². The summed E-state index contributed by atoms with van der Waals surface area (Å²) >= 11 is 0.990. The van der Waals surface area contributed by atoms with Gasteiger partial charge >= 0.3 is 0 Å². The van der Waals surface area contributed by atoms with E-state index in [1.54, 1.807) is 27.0 Å². The monoisotopic (exact) mass is 268 g/mol. The highest BCUT2D eigenvalue weighted by Crippen LogP contribution is 2.24. The summed E-state index contributed by atoms with van der Waals surface area (Å²) in [5.74, 6) is -0.619. The molecule has 0 fully saturated rings. The largest absolute Gasteiger partial charge is 0.393 e. The van der Waals surface area contributed by atoms with Gasteiger partial charge in [0, 0.05) is 0 Å². The zero-order valence-corrected chi connectivity index (χ0v) is 11.5. The lowest BCUT2D eigenvalue weighted by atomic mass is 9.84. The van der Waals surface area contributed by atoms with Crippen molar-refractivity contribution in [3.63, 3.8) is 0 Å². The van der Waals surface area contributed by atoms with Crippen LogP contribution in [0.15, 0.2) is 0 Å². The van der Waals surface area contributed by atoms with Gasteiger partial charge < -0.3 is 25.5 Å². The summed E-state index contributed by atoms with van der Waals surface area (Å²) in [5.41, 5.74) is -1.14. The van der Waals surface area contributed by atoms with Crippen LogP contribution in [0.5, 0.6) is 0 Å². The molecule has 0 spiro atoms. The zero-order valence-electron chi connectivity index (χ0n) is 10.7. The van der Waals surface area contributed by atoms with Crippen LogP contribution in [0.3, 0.4) is 0 Å². The minimum Gasteiger partial charge on any atom is -0.393 e. The predicted molar refractivity (Wildman–Crippen MR) is 67.6 cm³/mol.